The summed E-state index contributed by atoms with van der Waals surface area (Å²) in [6, 6.07) is 18.4. The molecule has 2 aromatic rings. The van der Waals surface area contributed by atoms with Gasteiger partial charge in [-0.05, 0) is 24.1 Å². The molecule has 0 radical (unpaired) electrons. The van der Waals surface area contributed by atoms with Crippen LogP contribution in [0.15, 0.2) is 65.6 Å². The van der Waals surface area contributed by atoms with Crippen molar-refractivity contribution in [3.8, 4) is 0 Å². The Morgan fingerprint density at radius 3 is 2.10 bits per heavy atom. The van der Waals surface area contributed by atoms with Crippen molar-refractivity contribution in [3.05, 3.63) is 66.2 Å². The molecule has 0 aromatic heterocycles. The molecule has 2 aromatic carbocycles. The summed E-state index contributed by atoms with van der Waals surface area (Å²) in [7, 11) is -3.19. The van der Waals surface area contributed by atoms with Crippen molar-refractivity contribution in [2.24, 2.45) is 0 Å². The van der Waals surface area contributed by atoms with Gasteiger partial charge in [0, 0.05) is 6.61 Å². The van der Waals surface area contributed by atoms with Gasteiger partial charge >= 0.3 is 0 Å². The highest BCUT2D eigenvalue weighted by molar-refractivity contribution is 7.91. The molecule has 0 unspecified atom stereocenters. The molecule has 0 aliphatic carbocycles. The molecule has 0 fully saturated rings. The fourth-order valence-corrected chi connectivity index (χ4v) is 3.17. The number of sulfone groups is 1. The van der Waals surface area contributed by atoms with Crippen LogP contribution >= 0.6 is 0 Å². The first kappa shape index (κ1) is 14.8. The molecule has 0 atom stereocenters. The number of hydrogen-bond donors (Lipinski definition) is 0. The first-order chi connectivity index (χ1) is 9.68. The van der Waals surface area contributed by atoms with E-state index in [9.17, 15) is 8.42 Å². The van der Waals surface area contributed by atoms with Crippen LogP contribution in [0.1, 0.15) is 12.0 Å². The highest BCUT2D eigenvalue weighted by atomic mass is 32.2. The van der Waals surface area contributed by atoms with E-state index in [0.717, 1.165) is 5.56 Å². The van der Waals surface area contributed by atoms with Gasteiger partial charge in [-0.2, -0.15) is 0 Å². The van der Waals surface area contributed by atoms with E-state index in [1.807, 2.05) is 36.4 Å². The van der Waals surface area contributed by atoms with Gasteiger partial charge in [0.25, 0.3) is 0 Å². The molecule has 0 aliphatic rings. The minimum atomic E-state index is -3.19. The zero-order valence-electron chi connectivity index (χ0n) is 11.2. The van der Waals surface area contributed by atoms with Crippen molar-refractivity contribution < 1.29 is 13.2 Å². The lowest BCUT2D eigenvalue weighted by Gasteiger charge is -2.06. The van der Waals surface area contributed by atoms with E-state index < -0.39 is 9.84 Å². The third-order valence-electron chi connectivity index (χ3n) is 2.92. The second-order valence-electron chi connectivity index (χ2n) is 4.52. The Kier molecular flexibility index (Phi) is 5.32. The first-order valence-electron chi connectivity index (χ1n) is 6.58. The van der Waals surface area contributed by atoms with E-state index in [4.69, 9.17) is 4.74 Å². The van der Waals surface area contributed by atoms with E-state index in [2.05, 4.69) is 0 Å². The van der Waals surface area contributed by atoms with Crippen molar-refractivity contribution in [1.82, 2.24) is 0 Å². The summed E-state index contributed by atoms with van der Waals surface area (Å²) in [5, 5.41) is 0. The van der Waals surface area contributed by atoms with Crippen LogP contribution in [0, 0.1) is 0 Å². The quantitative estimate of drug-likeness (QED) is 0.736. The predicted molar refractivity (Wildman–Crippen MR) is 79.2 cm³/mol. The van der Waals surface area contributed by atoms with Crippen LogP contribution in [0.2, 0.25) is 0 Å². The molecule has 106 valence electrons. The van der Waals surface area contributed by atoms with Crippen LogP contribution in [0.4, 0.5) is 0 Å². The maximum absolute atomic E-state index is 12.0. The average Bonchev–Trinajstić information content (AvgIpc) is 2.49. The fourth-order valence-electron chi connectivity index (χ4n) is 1.86. The minimum absolute atomic E-state index is 0.117. The van der Waals surface area contributed by atoms with Gasteiger partial charge in [-0.15, -0.1) is 0 Å². The summed E-state index contributed by atoms with van der Waals surface area (Å²) >= 11 is 0. The van der Waals surface area contributed by atoms with Crippen LogP contribution in [0.5, 0.6) is 0 Å². The molecule has 0 N–H and O–H groups in total. The normalized spacial score (nSPS) is 11.4. The molecule has 4 heteroatoms. The van der Waals surface area contributed by atoms with Crippen LogP contribution in [-0.2, 0) is 21.2 Å². The summed E-state index contributed by atoms with van der Waals surface area (Å²) in [6.07, 6.45) is 0.504. The smallest absolute Gasteiger partial charge is 0.178 e. The molecule has 3 nitrogen and oxygen atoms in total. The van der Waals surface area contributed by atoms with E-state index in [1.165, 1.54) is 0 Å². The Morgan fingerprint density at radius 1 is 0.850 bits per heavy atom. The van der Waals surface area contributed by atoms with Gasteiger partial charge in [0.05, 0.1) is 17.3 Å². The molecule has 0 amide bonds. The molecular weight excluding hydrogens is 272 g/mol. The molecule has 0 heterocycles. The summed E-state index contributed by atoms with van der Waals surface area (Å²) in [5.41, 5.74) is 1.10. The highest BCUT2D eigenvalue weighted by Crippen LogP contribution is 2.11. The standard InChI is InChI=1S/C16H18O3S/c17-20(18,16-10-5-2-6-11-16)13-7-12-19-14-15-8-3-1-4-9-15/h1-6,8-11H,7,12-14H2. The zero-order chi connectivity index (χ0) is 14.3. The van der Waals surface area contributed by atoms with Gasteiger partial charge in [-0.1, -0.05) is 48.5 Å². The third kappa shape index (κ3) is 4.47. The van der Waals surface area contributed by atoms with Gasteiger partial charge in [-0.3, -0.25) is 0 Å². The van der Waals surface area contributed by atoms with Crippen molar-refractivity contribution in [2.45, 2.75) is 17.9 Å². The highest BCUT2D eigenvalue weighted by Gasteiger charge is 2.12. The topological polar surface area (TPSA) is 43.4 Å². The predicted octanol–water partition coefficient (Wildman–Crippen LogP) is 3.07. The SMILES string of the molecule is O=S(=O)(CCCOCc1ccccc1)c1ccccc1. The molecule has 0 spiro atoms. The Morgan fingerprint density at radius 2 is 1.45 bits per heavy atom. The molecule has 0 saturated carbocycles. The van der Waals surface area contributed by atoms with Gasteiger partial charge in [0.1, 0.15) is 0 Å². The molecule has 0 bridgehead atoms. The van der Waals surface area contributed by atoms with Gasteiger partial charge in [0.2, 0.25) is 0 Å². The lowest BCUT2D eigenvalue weighted by molar-refractivity contribution is 0.122. The Bertz CT molecular complexity index is 607. The maximum atomic E-state index is 12.0. The van der Waals surface area contributed by atoms with E-state index >= 15 is 0 Å². The van der Waals surface area contributed by atoms with Crippen LogP contribution in [0.3, 0.4) is 0 Å². The van der Waals surface area contributed by atoms with E-state index in [0.29, 0.717) is 24.5 Å². The van der Waals surface area contributed by atoms with Crippen LogP contribution in [-0.4, -0.2) is 20.8 Å². The van der Waals surface area contributed by atoms with Gasteiger partial charge in [-0.25, -0.2) is 8.42 Å². The Hall–Kier alpha value is -1.65. The lowest BCUT2D eigenvalue weighted by atomic mass is 10.2. The summed E-state index contributed by atoms with van der Waals surface area (Å²) in [5.74, 6) is 0.117. The monoisotopic (exact) mass is 290 g/mol. The number of benzene rings is 2. The third-order valence-corrected chi connectivity index (χ3v) is 4.73. The minimum Gasteiger partial charge on any atom is -0.377 e. The summed E-state index contributed by atoms with van der Waals surface area (Å²) in [4.78, 5) is 0.378. The van der Waals surface area contributed by atoms with Crippen LogP contribution in [0.25, 0.3) is 0 Å². The number of hydrogen-bond acceptors (Lipinski definition) is 3. The summed E-state index contributed by atoms with van der Waals surface area (Å²) < 4.78 is 29.5. The van der Waals surface area contributed by atoms with Crippen molar-refractivity contribution >= 4 is 9.84 Å². The number of rotatable bonds is 7. The maximum Gasteiger partial charge on any atom is 0.178 e. The molecular formula is C16H18O3S. The Balaban J connectivity index is 1.74. The average molecular weight is 290 g/mol. The number of ether oxygens (including phenoxy) is 1. The van der Waals surface area contributed by atoms with Gasteiger partial charge < -0.3 is 4.74 Å². The summed E-state index contributed by atoms with van der Waals surface area (Å²) in [6.45, 7) is 0.965. The van der Waals surface area contributed by atoms with Gasteiger partial charge in [0.15, 0.2) is 9.84 Å². The Labute approximate surface area is 120 Å². The lowest BCUT2D eigenvalue weighted by Crippen LogP contribution is -2.09. The van der Waals surface area contributed by atoms with Crippen molar-refractivity contribution in [1.29, 1.82) is 0 Å². The zero-order valence-corrected chi connectivity index (χ0v) is 12.1. The molecule has 2 rings (SSSR count). The molecule has 0 aliphatic heterocycles. The van der Waals surface area contributed by atoms with Crippen molar-refractivity contribution in [2.75, 3.05) is 12.4 Å². The first-order valence-corrected chi connectivity index (χ1v) is 8.23. The molecule has 20 heavy (non-hydrogen) atoms. The molecule has 0 saturated heterocycles. The second-order valence-corrected chi connectivity index (χ2v) is 6.63. The van der Waals surface area contributed by atoms with Crippen LogP contribution < -0.4 is 0 Å². The second kappa shape index (κ2) is 7.22. The van der Waals surface area contributed by atoms with E-state index in [1.54, 1.807) is 24.3 Å². The largest absolute Gasteiger partial charge is 0.377 e. The van der Waals surface area contributed by atoms with E-state index in [-0.39, 0.29) is 5.75 Å². The van der Waals surface area contributed by atoms with Crippen molar-refractivity contribution in [3.63, 3.8) is 0 Å². The fraction of sp³-hybridized carbons (Fsp3) is 0.250.